The zero-order valence-corrected chi connectivity index (χ0v) is 29.2. The Hall–Kier alpha value is -5.46. The maximum absolute atomic E-state index is 14.1. The monoisotopic (exact) mass is 743 g/mol. The van der Waals surface area contributed by atoms with Gasteiger partial charge in [0.05, 0.1) is 36.3 Å². The third-order valence-corrected chi connectivity index (χ3v) is 7.33. The number of carboxylic acids is 2. The summed E-state index contributed by atoms with van der Waals surface area (Å²) in [4.78, 5) is 71.9. The van der Waals surface area contributed by atoms with E-state index in [1.165, 1.54) is 6.07 Å². The Morgan fingerprint density at radius 2 is 1.63 bits per heavy atom. The number of aliphatic carboxylic acids is 2. The van der Waals surface area contributed by atoms with Crippen molar-refractivity contribution in [2.24, 2.45) is 5.73 Å². The van der Waals surface area contributed by atoms with E-state index in [0.717, 1.165) is 11.1 Å². The summed E-state index contributed by atoms with van der Waals surface area (Å²) in [5.41, 5.74) is 9.40. The van der Waals surface area contributed by atoms with Crippen LogP contribution in [0.3, 0.4) is 0 Å². The quantitative estimate of drug-likeness (QED) is 0.0883. The zero-order valence-electron chi connectivity index (χ0n) is 27.2. The molecular formula is C33H38FN7O8S2. The highest BCUT2D eigenvalue weighted by Gasteiger charge is 2.25. The summed E-state index contributed by atoms with van der Waals surface area (Å²) in [5, 5.41) is 35.4. The third-order valence-electron chi connectivity index (χ3n) is 7.33. The number of fused-ring (bicyclic) bond motifs is 1. The van der Waals surface area contributed by atoms with E-state index in [9.17, 15) is 38.3 Å². The summed E-state index contributed by atoms with van der Waals surface area (Å²) in [6, 6.07) is 13.9. The van der Waals surface area contributed by atoms with Crippen LogP contribution in [0.4, 0.5) is 15.9 Å². The first-order valence-corrected chi connectivity index (χ1v) is 15.0. The summed E-state index contributed by atoms with van der Waals surface area (Å²) in [7, 11) is 0. The van der Waals surface area contributed by atoms with Gasteiger partial charge in [-0.05, 0) is 54.3 Å². The molecule has 0 spiro atoms. The van der Waals surface area contributed by atoms with E-state index < -0.39 is 66.9 Å². The summed E-state index contributed by atoms with van der Waals surface area (Å²) < 4.78 is 14.1. The molecule has 0 aliphatic heterocycles. The maximum Gasteiger partial charge on any atom is 0.326 e. The molecule has 3 aromatic carbocycles. The normalized spacial score (nSPS) is 11.6. The van der Waals surface area contributed by atoms with Gasteiger partial charge >= 0.3 is 11.9 Å². The fraction of sp³-hybridized carbons (Fsp3) is 0.242. The van der Waals surface area contributed by atoms with Gasteiger partial charge < -0.3 is 37.2 Å². The van der Waals surface area contributed by atoms with E-state index in [2.05, 4.69) is 31.5 Å². The van der Waals surface area contributed by atoms with Crippen molar-refractivity contribution in [3.8, 4) is 11.1 Å². The van der Waals surface area contributed by atoms with Crippen LogP contribution in [0.25, 0.3) is 22.0 Å². The Labute approximate surface area is 304 Å². The van der Waals surface area contributed by atoms with Crippen molar-refractivity contribution in [1.82, 2.24) is 20.8 Å². The third kappa shape index (κ3) is 11.8. The molecule has 4 aromatic rings. The molecule has 272 valence electrons. The van der Waals surface area contributed by atoms with E-state index in [4.69, 9.17) is 10.8 Å². The average Bonchev–Trinajstić information content (AvgIpc) is 3.46. The minimum Gasteiger partial charge on any atom is -0.481 e. The van der Waals surface area contributed by atoms with Gasteiger partial charge in [0.2, 0.25) is 23.6 Å². The number of nitrogens with zero attached hydrogens (tertiary/aromatic N) is 1. The molecule has 15 nitrogen and oxygen atoms in total. The topological polar surface area (TPSA) is 246 Å². The molecule has 0 bridgehead atoms. The number of anilines is 2. The second-order valence-electron chi connectivity index (χ2n) is 11.2. The number of aryl methyl sites for hydroxylation is 1. The van der Waals surface area contributed by atoms with E-state index in [-0.39, 0.29) is 51.6 Å². The maximum atomic E-state index is 14.1. The number of hydrogen-bond donors (Lipinski definition) is 8. The molecule has 0 unspecified atom stereocenters. The molecule has 51 heavy (non-hydrogen) atoms. The van der Waals surface area contributed by atoms with E-state index in [1.807, 2.05) is 13.0 Å². The van der Waals surface area contributed by atoms with Crippen molar-refractivity contribution in [2.45, 2.75) is 44.7 Å². The van der Waals surface area contributed by atoms with Gasteiger partial charge in [-0.1, -0.05) is 42.0 Å². The number of halogens is 1. The summed E-state index contributed by atoms with van der Waals surface area (Å²) in [5.74, 6) is -5.73. The number of benzene rings is 3. The van der Waals surface area contributed by atoms with Crippen LogP contribution in [0.5, 0.6) is 0 Å². The van der Waals surface area contributed by atoms with Crippen molar-refractivity contribution in [3.05, 3.63) is 77.6 Å². The number of carboxylic acid groups (broad SMARTS) is 2. The van der Waals surface area contributed by atoms with Crippen LogP contribution in [-0.2, 0) is 35.2 Å². The van der Waals surface area contributed by atoms with Gasteiger partial charge in [0, 0.05) is 12.1 Å². The van der Waals surface area contributed by atoms with E-state index in [1.54, 1.807) is 48.5 Å². The van der Waals surface area contributed by atoms with Crippen molar-refractivity contribution in [3.63, 3.8) is 0 Å². The molecule has 4 amide bonds. The Bertz CT molecular complexity index is 1910. The van der Waals surface area contributed by atoms with Gasteiger partial charge in [-0.15, -0.1) is 0 Å². The van der Waals surface area contributed by atoms with Crippen molar-refractivity contribution in [2.75, 3.05) is 17.2 Å². The lowest BCUT2D eigenvalue weighted by Gasteiger charge is -2.17. The van der Waals surface area contributed by atoms with Crippen molar-refractivity contribution in [1.29, 1.82) is 0 Å². The molecule has 0 radical (unpaired) electrons. The SMILES string of the molecule is Cc1ccc(F)c(CC(=O)Nc2ccc(-c3cccc4[nH]nc(NC(=O)CNC(=O)C[C@H](N)C(=O)N[C@@H](CCC(=O)O)C(=O)O)c34)cc2)c1.S.S. The number of rotatable bonds is 15. The van der Waals surface area contributed by atoms with Gasteiger partial charge in [0.25, 0.3) is 0 Å². The number of aromatic nitrogens is 2. The highest BCUT2D eigenvalue weighted by atomic mass is 32.1. The van der Waals surface area contributed by atoms with Crippen molar-refractivity contribution < 1.29 is 43.4 Å². The van der Waals surface area contributed by atoms with Crippen LogP contribution in [0.2, 0.25) is 0 Å². The summed E-state index contributed by atoms with van der Waals surface area (Å²) >= 11 is 0. The largest absolute Gasteiger partial charge is 0.481 e. The Balaban J connectivity index is 0.00000451. The van der Waals surface area contributed by atoms with Gasteiger partial charge in [0.1, 0.15) is 11.9 Å². The molecule has 0 fully saturated rings. The molecule has 9 N–H and O–H groups in total. The van der Waals surface area contributed by atoms with Crippen LogP contribution in [0.15, 0.2) is 60.7 Å². The molecule has 1 aromatic heterocycles. The number of nitrogens with one attached hydrogen (secondary N) is 5. The molecule has 0 saturated carbocycles. The highest BCUT2D eigenvalue weighted by Crippen LogP contribution is 2.33. The number of hydrogen-bond acceptors (Lipinski definition) is 8. The minimum atomic E-state index is -1.50. The van der Waals surface area contributed by atoms with Crippen LogP contribution in [0.1, 0.15) is 30.4 Å². The first-order valence-electron chi connectivity index (χ1n) is 15.0. The Morgan fingerprint density at radius 3 is 2.29 bits per heavy atom. The highest BCUT2D eigenvalue weighted by molar-refractivity contribution is 7.59. The number of carbonyl (C=O) groups excluding carboxylic acids is 4. The van der Waals surface area contributed by atoms with E-state index in [0.29, 0.717) is 27.7 Å². The standard InChI is InChI=1S/C33H34FN7O8.2H2S/c1-17-5-10-22(34)19(13-17)14-27(43)37-20-8-6-18(7-9-20)21-3-2-4-24-30(21)31(41-40-24)39-28(44)16-36-26(42)15-23(35)32(47)38-25(33(48)49)11-12-29(45)46;;/h2-10,13,23,25H,11-12,14-16,35H2,1H3,(H,36,42)(H,37,43)(H,38,47)(H,45,46)(H,48,49)(H2,39,40,41,44);2*1H2/t23-,25-;;/m0../s1. The molecule has 0 aliphatic rings. The molecule has 2 atom stereocenters. The average molecular weight is 744 g/mol. The molecule has 0 aliphatic carbocycles. The predicted molar refractivity (Wildman–Crippen MR) is 196 cm³/mol. The fourth-order valence-corrected chi connectivity index (χ4v) is 4.88. The molecule has 18 heteroatoms. The number of amides is 4. The number of aromatic amines is 1. The lowest BCUT2D eigenvalue weighted by Crippen LogP contribution is -2.50. The first kappa shape index (κ1) is 41.7. The van der Waals surface area contributed by atoms with Crippen LogP contribution in [-0.4, -0.2) is 74.6 Å². The second-order valence-corrected chi connectivity index (χ2v) is 11.2. The minimum absolute atomic E-state index is 0. The van der Waals surface area contributed by atoms with Gasteiger partial charge in [-0.2, -0.15) is 32.1 Å². The number of carbonyl (C=O) groups is 6. The first-order chi connectivity index (χ1) is 23.3. The zero-order chi connectivity index (χ0) is 35.7. The van der Waals surface area contributed by atoms with Crippen molar-refractivity contribution >= 4 is 85.0 Å². The van der Waals surface area contributed by atoms with Crippen LogP contribution < -0.4 is 27.0 Å². The summed E-state index contributed by atoms with van der Waals surface area (Å²) in [6.07, 6.45) is -1.57. The fourth-order valence-electron chi connectivity index (χ4n) is 4.88. The van der Waals surface area contributed by atoms with Gasteiger partial charge in [0.15, 0.2) is 5.82 Å². The molecule has 0 saturated heterocycles. The lowest BCUT2D eigenvalue weighted by atomic mass is 10.0. The van der Waals surface area contributed by atoms with Crippen LogP contribution in [0, 0.1) is 12.7 Å². The predicted octanol–water partition coefficient (Wildman–Crippen LogP) is 2.29. The van der Waals surface area contributed by atoms with Crippen LogP contribution >= 0.6 is 27.0 Å². The lowest BCUT2D eigenvalue weighted by molar-refractivity contribution is -0.143. The smallest absolute Gasteiger partial charge is 0.326 e. The van der Waals surface area contributed by atoms with Gasteiger partial charge in [-0.25, -0.2) is 9.18 Å². The number of nitrogens with two attached hydrogens (primary N) is 1. The molecular weight excluding hydrogens is 706 g/mol. The number of H-pyrrole nitrogens is 1. The van der Waals surface area contributed by atoms with E-state index >= 15 is 0 Å². The molecule has 1 heterocycles. The summed E-state index contributed by atoms with van der Waals surface area (Å²) in [6.45, 7) is 1.32. The van der Waals surface area contributed by atoms with Gasteiger partial charge in [-0.3, -0.25) is 29.1 Å². The Kier molecular flexibility index (Phi) is 15.6. The Morgan fingerprint density at radius 1 is 0.922 bits per heavy atom. The second kappa shape index (κ2) is 19.1. The molecule has 4 rings (SSSR count).